The van der Waals surface area contributed by atoms with Crippen LogP contribution in [0.25, 0.3) is 16.9 Å². The minimum Gasteiger partial charge on any atom is -0.353 e. The summed E-state index contributed by atoms with van der Waals surface area (Å²) in [6.07, 6.45) is -1.86. The lowest BCUT2D eigenvalue weighted by Crippen LogP contribution is -2.48. The molecule has 2 aromatic heterocycles. The Morgan fingerprint density at radius 2 is 1.69 bits per heavy atom. The molecular formula is C23H27F3N6O3S. The van der Waals surface area contributed by atoms with E-state index >= 15 is 0 Å². The summed E-state index contributed by atoms with van der Waals surface area (Å²) in [5.41, 5.74) is -0.892. The van der Waals surface area contributed by atoms with Gasteiger partial charge in [0, 0.05) is 37.2 Å². The van der Waals surface area contributed by atoms with Gasteiger partial charge in [-0.2, -0.15) is 17.5 Å². The molecule has 0 radical (unpaired) electrons. The SMILES string of the molecule is CC(C)(C)C(=O)Nc1cc(-c2cn3nc(N4CCN(S(C)(=O)=O)CC4)ccc3n2)ccc1C(F)(F)F. The number of fused-ring (bicyclic) bond motifs is 1. The molecule has 0 aliphatic carbocycles. The smallest absolute Gasteiger partial charge is 0.353 e. The number of alkyl halides is 3. The van der Waals surface area contributed by atoms with Gasteiger partial charge in [-0.05, 0) is 24.3 Å². The fourth-order valence-corrected chi connectivity index (χ4v) is 4.62. The van der Waals surface area contributed by atoms with Gasteiger partial charge in [0.1, 0.15) is 5.82 Å². The summed E-state index contributed by atoms with van der Waals surface area (Å²) in [4.78, 5) is 18.8. The standard InChI is InChI=1S/C23H27F3N6O3S/c1-22(2,3)21(33)28-17-13-15(5-6-16(17)23(24,25)26)18-14-32-19(27-18)7-8-20(29-32)30-9-11-31(12-10-30)36(4,34)35/h5-8,13-14H,9-12H2,1-4H3,(H,28,33). The third-order valence-electron chi connectivity index (χ3n) is 5.89. The Labute approximate surface area is 207 Å². The zero-order valence-electron chi connectivity index (χ0n) is 20.3. The third-order valence-corrected chi connectivity index (χ3v) is 7.19. The Morgan fingerprint density at radius 1 is 1.03 bits per heavy atom. The molecule has 0 bridgehead atoms. The zero-order chi connectivity index (χ0) is 26.5. The number of benzene rings is 1. The van der Waals surface area contributed by atoms with Crippen molar-refractivity contribution < 1.29 is 26.4 Å². The molecular weight excluding hydrogens is 497 g/mol. The van der Waals surface area contributed by atoms with Crippen molar-refractivity contribution in [3.8, 4) is 11.3 Å². The number of halogens is 3. The van der Waals surface area contributed by atoms with Crippen LogP contribution in [0.3, 0.4) is 0 Å². The number of anilines is 2. The summed E-state index contributed by atoms with van der Waals surface area (Å²) in [5.74, 6) is 0.0904. The number of amides is 1. The van der Waals surface area contributed by atoms with Crippen LogP contribution in [0.1, 0.15) is 26.3 Å². The van der Waals surface area contributed by atoms with E-state index in [4.69, 9.17) is 0 Å². The first-order valence-electron chi connectivity index (χ1n) is 11.2. The molecule has 194 valence electrons. The van der Waals surface area contributed by atoms with E-state index in [0.717, 1.165) is 6.07 Å². The van der Waals surface area contributed by atoms with Crippen LogP contribution in [-0.2, 0) is 21.0 Å². The Bertz CT molecular complexity index is 1400. The lowest BCUT2D eigenvalue weighted by molar-refractivity contribution is -0.137. The summed E-state index contributed by atoms with van der Waals surface area (Å²) in [7, 11) is -3.25. The van der Waals surface area contributed by atoms with Gasteiger partial charge in [0.25, 0.3) is 0 Å². The Balaban J connectivity index is 1.63. The lowest BCUT2D eigenvalue weighted by atomic mass is 9.95. The van der Waals surface area contributed by atoms with Gasteiger partial charge >= 0.3 is 6.18 Å². The maximum Gasteiger partial charge on any atom is 0.418 e. The minimum atomic E-state index is -4.64. The van der Waals surface area contributed by atoms with Crippen LogP contribution in [0, 0.1) is 5.41 Å². The molecule has 9 nitrogen and oxygen atoms in total. The van der Waals surface area contributed by atoms with Crippen molar-refractivity contribution in [2.75, 3.05) is 42.7 Å². The second-order valence-corrected chi connectivity index (χ2v) is 11.7. The summed E-state index contributed by atoms with van der Waals surface area (Å²) < 4.78 is 67.2. The molecule has 13 heteroatoms. The van der Waals surface area contributed by atoms with Gasteiger partial charge in [-0.15, -0.1) is 5.10 Å². The average Bonchev–Trinajstić information content (AvgIpc) is 3.20. The van der Waals surface area contributed by atoms with Crippen molar-refractivity contribution in [3.05, 3.63) is 42.1 Å². The number of piperazine rings is 1. The van der Waals surface area contributed by atoms with E-state index in [1.54, 1.807) is 39.1 Å². The van der Waals surface area contributed by atoms with Crippen molar-refractivity contribution in [1.82, 2.24) is 18.9 Å². The van der Waals surface area contributed by atoms with Crippen LogP contribution in [-0.4, -0.2) is 65.7 Å². The number of carbonyl (C=O) groups excluding carboxylic acids is 1. The number of aromatic nitrogens is 3. The number of nitrogens with one attached hydrogen (secondary N) is 1. The molecule has 1 N–H and O–H groups in total. The second kappa shape index (κ2) is 9.04. The van der Waals surface area contributed by atoms with Crippen LogP contribution in [0.15, 0.2) is 36.5 Å². The van der Waals surface area contributed by atoms with E-state index in [0.29, 0.717) is 48.9 Å². The van der Waals surface area contributed by atoms with E-state index in [2.05, 4.69) is 15.4 Å². The number of nitrogens with zero attached hydrogens (tertiary/aromatic N) is 5. The molecule has 36 heavy (non-hydrogen) atoms. The second-order valence-electron chi connectivity index (χ2n) is 9.73. The van der Waals surface area contributed by atoms with Gasteiger partial charge < -0.3 is 10.2 Å². The molecule has 4 rings (SSSR count). The molecule has 1 aliphatic rings. The van der Waals surface area contributed by atoms with Crippen LogP contribution in [0.2, 0.25) is 0 Å². The monoisotopic (exact) mass is 524 g/mol. The highest BCUT2D eigenvalue weighted by Gasteiger charge is 2.35. The van der Waals surface area contributed by atoms with Crippen molar-refractivity contribution in [2.24, 2.45) is 5.41 Å². The number of rotatable bonds is 4. The number of imidazole rings is 1. The van der Waals surface area contributed by atoms with Gasteiger partial charge in [-0.25, -0.2) is 17.9 Å². The molecule has 0 atom stereocenters. The van der Waals surface area contributed by atoms with E-state index in [9.17, 15) is 26.4 Å². The van der Waals surface area contributed by atoms with Crippen molar-refractivity contribution in [1.29, 1.82) is 0 Å². The van der Waals surface area contributed by atoms with Crippen molar-refractivity contribution >= 4 is 33.1 Å². The fraction of sp³-hybridized carbons (Fsp3) is 0.435. The fourth-order valence-electron chi connectivity index (χ4n) is 3.79. The minimum absolute atomic E-state index is 0.339. The summed E-state index contributed by atoms with van der Waals surface area (Å²) in [6, 6.07) is 7.01. The van der Waals surface area contributed by atoms with Crippen LogP contribution >= 0.6 is 0 Å². The lowest BCUT2D eigenvalue weighted by Gasteiger charge is -2.33. The van der Waals surface area contributed by atoms with E-state index in [-0.39, 0.29) is 5.69 Å². The maximum absolute atomic E-state index is 13.6. The normalized spacial score (nSPS) is 15.9. The Kier molecular flexibility index (Phi) is 6.50. The molecule has 1 aromatic carbocycles. The highest BCUT2D eigenvalue weighted by atomic mass is 32.2. The molecule has 1 saturated heterocycles. The van der Waals surface area contributed by atoms with Gasteiger partial charge in [0.15, 0.2) is 5.65 Å². The van der Waals surface area contributed by atoms with E-state index in [1.807, 2.05) is 4.90 Å². The van der Waals surface area contributed by atoms with Gasteiger partial charge in [-0.1, -0.05) is 26.8 Å². The quantitative estimate of drug-likeness (QED) is 0.561. The highest BCUT2D eigenvalue weighted by Crippen LogP contribution is 2.37. The van der Waals surface area contributed by atoms with Crippen LogP contribution in [0.4, 0.5) is 24.7 Å². The Hall–Kier alpha value is -3.19. The average molecular weight is 525 g/mol. The number of sulfonamides is 1. The predicted octanol–water partition coefficient (Wildman–Crippen LogP) is 3.48. The highest BCUT2D eigenvalue weighted by molar-refractivity contribution is 7.88. The van der Waals surface area contributed by atoms with Crippen LogP contribution < -0.4 is 10.2 Å². The molecule has 0 unspecified atom stereocenters. The van der Waals surface area contributed by atoms with E-state index < -0.39 is 33.1 Å². The molecule has 0 saturated carbocycles. The number of hydrogen-bond acceptors (Lipinski definition) is 6. The predicted molar refractivity (Wildman–Crippen MR) is 130 cm³/mol. The van der Waals surface area contributed by atoms with Gasteiger partial charge in [0.2, 0.25) is 15.9 Å². The Morgan fingerprint density at radius 3 is 2.28 bits per heavy atom. The van der Waals surface area contributed by atoms with Crippen LogP contribution in [0.5, 0.6) is 0 Å². The third kappa shape index (κ3) is 5.46. The first-order valence-corrected chi connectivity index (χ1v) is 13.1. The van der Waals surface area contributed by atoms with Crippen molar-refractivity contribution in [3.63, 3.8) is 0 Å². The van der Waals surface area contributed by atoms with Gasteiger partial charge in [-0.3, -0.25) is 4.79 Å². The summed E-state index contributed by atoms with van der Waals surface area (Å²) in [6.45, 7) is 6.50. The topological polar surface area (TPSA) is 99.9 Å². The first-order chi connectivity index (χ1) is 16.6. The number of carbonyl (C=O) groups is 1. The zero-order valence-corrected chi connectivity index (χ0v) is 21.1. The van der Waals surface area contributed by atoms with Crippen molar-refractivity contribution in [2.45, 2.75) is 26.9 Å². The summed E-state index contributed by atoms with van der Waals surface area (Å²) in [5, 5.41) is 6.96. The molecule has 3 heterocycles. The maximum atomic E-state index is 13.6. The summed E-state index contributed by atoms with van der Waals surface area (Å²) >= 11 is 0. The molecule has 1 amide bonds. The molecule has 1 aliphatic heterocycles. The molecule has 3 aromatic rings. The largest absolute Gasteiger partial charge is 0.418 e. The molecule has 1 fully saturated rings. The first kappa shape index (κ1) is 25.9. The van der Waals surface area contributed by atoms with E-state index in [1.165, 1.54) is 27.2 Å². The number of hydrogen-bond donors (Lipinski definition) is 1. The molecule has 0 spiro atoms. The van der Waals surface area contributed by atoms with Gasteiger partial charge in [0.05, 0.1) is 29.4 Å².